The van der Waals surface area contributed by atoms with Gasteiger partial charge in [0.15, 0.2) is 18.9 Å². The van der Waals surface area contributed by atoms with Crippen molar-refractivity contribution in [2.45, 2.75) is 13.5 Å². The van der Waals surface area contributed by atoms with Gasteiger partial charge in [0.2, 0.25) is 0 Å². The topological polar surface area (TPSA) is 33.0 Å². The molecule has 0 saturated heterocycles. The highest BCUT2D eigenvalue weighted by Gasteiger charge is 2.08. The van der Waals surface area contributed by atoms with Crippen molar-refractivity contribution in [3.05, 3.63) is 30.1 Å². The Morgan fingerprint density at radius 3 is 2.93 bits per heavy atom. The van der Waals surface area contributed by atoms with Crippen LogP contribution in [-0.4, -0.2) is 18.3 Å². The Hall–Kier alpha value is -0.800. The zero-order chi connectivity index (χ0) is 10.4. The second kappa shape index (κ2) is 7.49. The van der Waals surface area contributed by atoms with Gasteiger partial charge < -0.3 is 17.7 Å². The fourth-order valence-electron chi connectivity index (χ4n) is 1.16. The van der Waals surface area contributed by atoms with E-state index in [1.165, 1.54) is 0 Å². The molecule has 1 N–H and O–H groups in total. The molecule has 0 aliphatic rings. The van der Waals surface area contributed by atoms with Crippen LogP contribution in [0.4, 0.5) is 0 Å². The van der Waals surface area contributed by atoms with Crippen molar-refractivity contribution < 1.29 is 21.8 Å². The average molecular weight is 249 g/mol. The maximum absolute atomic E-state index is 11.4. The van der Waals surface area contributed by atoms with Gasteiger partial charge in [-0.3, -0.25) is 4.79 Å². The number of aromatic nitrogens is 1. The van der Waals surface area contributed by atoms with E-state index >= 15 is 0 Å². The normalized spacial score (nSPS) is 9.20. The van der Waals surface area contributed by atoms with Crippen molar-refractivity contribution in [3.8, 4) is 0 Å². The van der Waals surface area contributed by atoms with E-state index in [-0.39, 0.29) is 18.3 Å². The molecule has 84 valence electrons. The summed E-state index contributed by atoms with van der Waals surface area (Å²) in [6.07, 6.45) is 3.69. The van der Waals surface area contributed by atoms with Crippen LogP contribution in [0.25, 0.3) is 0 Å². The maximum Gasteiger partial charge on any atom is 0.257 e. The molecule has 3 nitrogen and oxygen atoms in total. The highest BCUT2D eigenvalue weighted by molar-refractivity contribution is 6.17. The maximum atomic E-state index is 11.4. The molecule has 0 aromatic carbocycles. The van der Waals surface area contributed by atoms with Crippen LogP contribution < -0.4 is 22.3 Å². The van der Waals surface area contributed by atoms with Crippen LogP contribution in [0.15, 0.2) is 24.5 Å². The second-order valence-corrected chi connectivity index (χ2v) is 3.26. The minimum absolute atomic E-state index is 0. The molecule has 0 atom stereocenters. The van der Waals surface area contributed by atoms with Crippen LogP contribution in [0.5, 0.6) is 0 Å². The molecule has 15 heavy (non-hydrogen) atoms. The summed E-state index contributed by atoms with van der Waals surface area (Å²) in [5.41, 5.74) is 0.666. The molecule has 1 amide bonds. The van der Waals surface area contributed by atoms with Crippen molar-refractivity contribution in [2.75, 3.05) is 12.4 Å². The third-order valence-electron chi connectivity index (χ3n) is 1.80. The third-order valence-corrected chi connectivity index (χ3v) is 1.97. The molecule has 1 rings (SSSR count). The van der Waals surface area contributed by atoms with Crippen LogP contribution in [0, 0.1) is 0 Å². The number of hydrogen-bond donors (Lipinski definition) is 1. The molecule has 0 saturated carbocycles. The van der Waals surface area contributed by atoms with E-state index in [0.717, 1.165) is 6.54 Å². The number of carbonyl (C=O) groups is 1. The van der Waals surface area contributed by atoms with Crippen LogP contribution in [0.1, 0.15) is 17.3 Å². The number of halogens is 2. The van der Waals surface area contributed by atoms with Gasteiger partial charge in [0.05, 0.1) is 5.88 Å². The summed E-state index contributed by atoms with van der Waals surface area (Å²) in [7, 11) is 0. The molecule has 0 bridgehead atoms. The first kappa shape index (κ1) is 14.2. The molecule has 0 aliphatic carbocycles. The van der Waals surface area contributed by atoms with E-state index in [2.05, 4.69) is 5.32 Å². The molecule has 5 heteroatoms. The van der Waals surface area contributed by atoms with Crippen LogP contribution >= 0.6 is 11.6 Å². The molecule has 1 heterocycles. The van der Waals surface area contributed by atoms with Gasteiger partial charge in [-0.15, -0.1) is 11.6 Å². The monoisotopic (exact) mass is 248 g/mol. The largest absolute Gasteiger partial charge is 1.00 e. The highest BCUT2D eigenvalue weighted by atomic mass is 35.5. The SMILES string of the molecule is CCNC(=O)c1ccc[n+](CCCl)c1.[Cl-]. The Balaban J connectivity index is 0.00000196. The van der Waals surface area contributed by atoms with Gasteiger partial charge >= 0.3 is 0 Å². The molecule has 0 fully saturated rings. The first-order valence-corrected chi connectivity index (χ1v) is 5.14. The number of hydrogen-bond acceptors (Lipinski definition) is 1. The smallest absolute Gasteiger partial charge is 0.257 e. The Labute approximate surface area is 101 Å². The molecule has 0 aliphatic heterocycles. The van der Waals surface area contributed by atoms with E-state index in [4.69, 9.17) is 11.6 Å². The van der Waals surface area contributed by atoms with Gasteiger partial charge in [0.1, 0.15) is 5.56 Å². The number of pyridine rings is 1. The van der Waals surface area contributed by atoms with Gasteiger partial charge in [0, 0.05) is 12.6 Å². The summed E-state index contributed by atoms with van der Waals surface area (Å²) in [6.45, 7) is 3.26. The Morgan fingerprint density at radius 1 is 1.60 bits per heavy atom. The number of carbonyl (C=O) groups excluding carboxylic acids is 1. The number of alkyl halides is 1. The van der Waals surface area contributed by atoms with Gasteiger partial charge in [-0.1, -0.05) is 0 Å². The minimum atomic E-state index is -0.0450. The van der Waals surface area contributed by atoms with Gasteiger partial charge in [-0.05, 0) is 13.0 Å². The van der Waals surface area contributed by atoms with Gasteiger partial charge in [-0.25, -0.2) is 4.57 Å². The third kappa shape index (κ3) is 4.49. The molecule has 0 spiro atoms. The van der Waals surface area contributed by atoms with Gasteiger partial charge in [0.25, 0.3) is 5.91 Å². The summed E-state index contributed by atoms with van der Waals surface area (Å²) in [5.74, 6) is 0.500. The number of rotatable bonds is 4. The lowest BCUT2D eigenvalue weighted by atomic mass is 10.2. The molecular weight excluding hydrogens is 235 g/mol. The molecule has 0 radical (unpaired) electrons. The fraction of sp³-hybridized carbons (Fsp3) is 0.400. The number of nitrogens with one attached hydrogen (secondary N) is 1. The lowest BCUT2D eigenvalue weighted by Crippen LogP contribution is -3.00. The average Bonchev–Trinajstić information content (AvgIpc) is 2.19. The lowest BCUT2D eigenvalue weighted by molar-refractivity contribution is -0.692. The molecular formula is C10H14Cl2N2O. The Morgan fingerprint density at radius 2 is 2.33 bits per heavy atom. The van der Waals surface area contributed by atoms with Crippen molar-refractivity contribution in [3.63, 3.8) is 0 Å². The zero-order valence-corrected chi connectivity index (χ0v) is 10.1. The van der Waals surface area contributed by atoms with Crippen molar-refractivity contribution in [1.82, 2.24) is 5.32 Å². The van der Waals surface area contributed by atoms with Gasteiger partial charge in [-0.2, -0.15) is 0 Å². The summed E-state index contributed by atoms with van der Waals surface area (Å²) < 4.78 is 1.90. The summed E-state index contributed by atoms with van der Waals surface area (Å²) >= 11 is 5.61. The molecule has 0 unspecified atom stereocenters. The lowest BCUT2D eigenvalue weighted by Gasteiger charge is -2.00. The van der Waals surface area contributed by atoms with E-state index in [1.54, 1.807) is 12.3 Å². The minimum Gasteiger partial charge on any atom is -1.00 e. The first-order chi connectivity index (χ1) is 6.77. The predicted octanol–water partition coefficient (Wildman–Crippen LogP) is -2.03. The first-order valence-electron chi connectivity index (χ1n) is 4.61. The Bertz CT molecular complexity index is 318. The standard InChI is InChI=1S/C10H13ClN2O.ClH/c1-2-12-10(14)9-4-3-6-13(8-9)7-5-11;/h3-4,6,8H,2,5,7H2,1H3;1H. The molecule has 1 aromatic heterocycles. The molecule has 1 aromatic rings. The van der Waals surface area contributed by atoms with Crippen molar-refractivity contribution in [1.29, 1.82) is 0 Å². The predicted molar refractivity (Wildman–Crippen MR) is 55.4 cm³/mol. The Kier molecular flexibility index (Phi) is 7.09. The second-order valence-electron chi connectivity index (χ2n) is 2.88. The number of aryl methyl sites for hydroxylation is 1. The van der Waals surface area contributed by atoms with E-state index in [1.807, 2.05) is 23.8 Å². The summed E-state index contributed by atoms with van der Waals surface area (Å²) in [4.78, 5) is 11.4. The zero-order valence-electron chi connectivity index (χ0n) is 8.54. The summed E-state index contributed by atoms with van der Waals surface area (Å²) in [6, 6.07) is 3.63. The highest BCUT2D eigenvalue weighted by Crippen LogP contribution is 1.94. The van der Waals surface area contributed by atoms with E-state index < -0.39 is 0 Å². The van der Waals surface area contributed by atoms with Crippen molar-refractivity contribution >= 4 is 17.5 Å². The number of nitrogens with zero attached hydrogens (tertiary/aromatic N) is 1. The van der Waals surface area contributed by atoms with Crippen LogP contribution in [0.3, 0.4) is 0 Å². The fourth-order valence-corrected chi connectivity index (χ4v) is 1.35. The quantitative estimate of drug-likeness (QED) is 0.484. The van der Waals surface area contributed by atoms with Crippen LogP contribution in [-0.2, 0) is 6.54 Å². The van der Waals surface area contributed by atoms with E-state index in [9.17, 15) is 4.79 Å². The number of amides is 1. The van der Waals surface area contributed by atoms with Crippen molar-refractivity contribution in [2.24, 2.45) is 0 Å². The summed E-state index contributed by atoms with van der Waals surface area (Å²) in [5, 5.41) is 2.75. The van der Waals surface area contributed by atoms with E-state index in [0.29, 0.717) is 18.0 Å². The van der Waals surface area contributed by atoms with Crippen LogP contribution in [0.2, 0.25) is 0 Å².